The zero-order valence-electron chi connectivity index (χ0n) is 12.9. The fourth-order valence-corrected chi connectivity index (χ4v) is 3.04. The molecule has 0 N–H and O–H groups in total. The number of halogens is 1. The van der Waals surface area contributed by atoms with Gasteiger partial charge in [0.05, 0.1) is 6.61 Å². The van der Waals surface area contributed by atoms with Gasteiger partial charge in [-0.15, -0.1) is 0 Å². The van der Waals surface area contributed by atoms with E-state index in [-0.39, 0.29) is 11.2 Å². The van der Waals surface area contributed by atoms with Gasteiger partial charge in [0.25, 0.3) is 0 Å². The van der Waals surface area contributed by atoms with Crippen LogP contribution in [0.1, 0.15) is 38.7 Å². The number of hydrogen-bond donors (Lipinski definition) is 0. The lowest BCUT2D eigenvalue weighted by Crippen LogP contribution is -2.36. The van der Waals surface area contributed by atoms with Crippen LogP contribution in [0.3, 0.4) is 0 Å². The Morgan fingerprint density at radius 1 is 1.30 bits per heavy atom. The molecule has 0 aromatic heterocycles. The molecule has 1 unspecified atom stereocenters. The predicted molar refractivity (Wildman–Crippen MR) is 80.5 cm³/mol. The van der Waals surface area contributed by atoms with E-state index >= 15 is 0 Å². The molecule has 0 saturated carbocycles. The maximum atomic E-state index is 13.0. The highest BCUT2D eigenvalue weighted by atomic mass is 19.1. The summed E-state index contributed by atoms with van der Waals surface area (Å²) in [5.74, 6) is -0.163. The van der Waals surface area contributed by atoms with Crippen molar-refractivity contribution >= 4 is 0 Å². The van der Waals surface area contributed by atoms with Crippen molar-refractivity contribution in [2.75, 3.05) is 26.8 Å². The van der Waals surface area contributed by atoms with Crippen LogP contribution in [0.25, 0.3) is 0 Å². The molecule has 2 rings (SSSR count). The van der Waals surface area contributed by atoms with E-state index in [2.05, 4.69) is 18.7 Å². The Balaban J connectivity index is 1.93. The van der Waals surface area contributed by atoms with Crippen LogP contribution in [-0.4, -0.2) is 37.7 Å². The molecule has 0 amide bonds. The fourth-order valence-electron chi connectivity index (χ4n) is 3.04. The maximum absolute atomic E-state index is 13.0. The van der Waals surface area contributed by atoms with Crippen molar-refractivity contribution in [2.24, 2.45) is 0 Å². The van der Waals surface area contributed by atoms with Crippen LogP contribution in [0, 0.1) is 5.82 Å². The molecule has 1 heterocycles. The van der Waals surface area contributed by atoms with Crippen LogP contribution in [0.5, 0.6) is 0 Å². The van der Waals surface area contributed by atoms with Gasteiger partial charge in [-0.05, 0) is 55.5 Å². The van der Waals surface area contributed by atoms with Gasteiger partial charge >= 0.3 is 0 Å². The van der Waals surface area contributed by atoms with Gasteiger partial charge in [0, 0.05) is 13.2 Å². The van der Waals surface area contributed by atoms with Crippen molar-refractivity contribution < 1.29 is 9.13 Å². The molecule has 1 aromatic rings. The molecule has 1 saturated heterocycles. The minimum absolute atomic E-state index is 0.0773. The molecule has 0 bridgehead atoms. The van der Waals surface area contributed by atoms with Crippen LogP contribution in [0.2, 0.25) is 0 Å². The monoisotopic (exact) mass is 279 g/mol. The van der Waals surface area contributed by atoms with E-state index in [1.807, 2.05) is 12.1 Å². The summed E-state index contributed by atoms with van der Waals surface area (Å²) >= 11 is 0. The summed E-state index contributed by atoms with van der Waals surface area (Å²) in [6.45, 7) is 7.56. The molecule has 1 aliphatic heterocycles. The molecular weight excluding hydrogens is 253 g/mol. The third kappa shape index (κ3) is 3.80. The van der Waals surface area contributed by atoms with Gasteiger partial charge in [-0.25, -0.2) is 4.39 Å². The second-order valence-electron chi connectivity index (χ2n) is 6.43. The molecule has 112 valence electrons. The summed E-state index contributed by atoms with van der Waals surface area (Å²) in [5.41, 5.74) is 1.29. The van der Waals surface area contributed by atoms with E-state index in [4.69, 9.17) is 4.74 Å². The molecule has 0 radical (unpaired) electrons. The van der Waals surface area contributed by atoms with Crippen LogP contribution in [-0.2, 0) is 10.2 Å². The lowest BCUT2D eigenvalue weighted by atomic mass is 9.81. The molecule has 0 spiro atoms. The smallest absolute Gasteiger partial charge is 0.123 e. The van der Waals surface area contributed by atoms with Gasteiger partial charge in [-0.3, -0.25) is 4.90 Å². The SMILES string of the molecule is COCC1CCCN1CCC(C)(C)c1ccc(F)cc1. The van der Waals surface area contributed by atoms with Gasteiger partial charge < -0.3 is 4.74 Å². The number of ether oxygens (including phenoxy) is 1. The Hall–Kier alpha value is -0.930. The normalized spacial score (nSPS) is 20.5. The summed E-state index contributed by atoms with van der Waals surface area (Å²) in [5, 5.41) is 0. The van der Waals surface area contributed by atoms with Crippen molar-refractivity contribution in [3.63, 3.8) is 0 Å². The Bertz CT molecular complexity index is 416. The molecule has 20 heavy (non-hydrogen) atoms. The van der Waals surface area contributed by atoms with Gasteiger partial charge in [0.1, 0.15) is 5.82 Å². The van der Waals surface area contributed by atoms with Crippen molar-refractivity contribution in [1.82, 2.24) is 4.90 Å². The zero-order chi connectivity index (χ0) is 14.6. The largest absolute Gasteiger partial charge is 0.383 e. The first-order valence-electron chi connectivity index (χ1n) is 7.52. The summed E-state index contributed by atoms with van der Waals surface area (Å²) in [6.07, 6.45) is 3.59. The number of nitrogens with zero attached hydrogens (tertiary/aromatic N) is 1. The topological polar surface area (TPSA) is 12.5 Å². The van der Waals surface area contributed by atoms with Crippen molar-refractivity contribution in [1.29, 1.82) is 0 Å². The van der Waals surface area contributed by atoms with E-state index in [1.165, 1.54) is 24.9 Å². The zero-order valence-corrected chi connectivity index (χ0v) is 12.9. The Labute approximate surface area is 121 Å². The number of methoxy groups -OCH3 is 1. The van der Waals surface area contributed by atoms with Crippen LogP contribution < -0.4 is 0 Å². The first kappa shape index (κ1) is 15.5. The number of rotatable bonds is 6. The summed E-state index contributed by atoms with van der Waals surface area (Å²) in [7, 11) is 1.78. The third-order valence-corrected chi connectivity index (χ3v) is 4.51. The summed E-state index contributed by atoms with van der Waals surface area (Å²) < 4.78 is 18.3. The quantitative estimate of drug-likeness (QED) is 0.789. The van der Waals surface area contributed by atoms with E-state index in [1.54, 1.807) is 19.2 Å². The Morgan fingerprint density at radius 3 is 2.65 bits per heavy atom. The van der Waals surface area contributed by atoms with Crippen molar-refractivity contribution in [3.8, 4) is 0 Å². The molecule has 2 nitrogen and oxygen atoms in total. The molecule has 1 fully saturated rings. The number of likely N-dealkylation sites (tertiary alicyclic amines) is 1. The highest BCUT2D eigenvalue weighted by Crippen LogP contribution is 2.29. The number of hydrogen-bond acceptors (Lipinski definition) is 2. The average Bonchev–Trinajstić information content (AvgIpc) is 2.85. The summed E-state index contributed by atoms with van der Waals surface area (Å²) in [6, 6.07) is 7.50. The molecule has 1 atom stereocenters. The van der Waals surface area contributed by atoms with Crippen LogP contribution >= 0.6 is 0 Å². The van der Waals surface area contributed by atoms with Crippen molar-refractivity contribution in [3.05, 3.63) is 35.6 Å². The minimum Gasteiger partial charge on any atom is -0.383 e. The van der Waals surface area contributed by atoms with Gasteiger partial charge in [0.2, 0.25) is 0 Å². The first-order valence-corrected chi connectivity index (χ1v) is 7.52. The third-order valence-electron chi connectivity index (χ3n) is 4.51. The predicted octanol–water partition coefficient (Wildman–Crippen LogP) is 3.60. The van der Waals surface area contributed by atoms with Crippen LogP contribution in [0.15, 0.2) is 24.3 Å². The van der Waals surface area contributed by atoms with Crippen LogP contribution in [0.4, 0.5) is 4.39 Å². The second kappa shape index (κ2) is 6.68. The van der Waals surface area contributed by atoms with Gasteiger partial charge in [0.15, 0.2) is 0 Å². The lowest BCUT2D eigenvalue weighted by molar-refractivity contribution is 0.111. The standard InChI is InChI=1S/C17H26FNO/c1-17(2,14-6-8-15(18)9-7-14)10-12-19-11-4-5-16(19)13-20-3/h6-9,16H,4-5,10-13H2,1-3H3. The number of benzene rings is 1. The first-order chi connectivity index (χ1) is 9.53. The molecule has 0 aliphatic carbocycles. The molecule has 1 aliphatic rings. The Kier molecular flexibility index (Phi) is 5.17. The average molecular weight is 279 g/mol. The molecule has 1 aromatic carbocycles. The van der Waals surface area contributed by atoms with Gasteiger partial charge in [-0.1, -0.05) is 26.0 Å². The van der Waals surface area contributed by atoms with E-state index in [9.17, 15) is 4.39 Å². The lowest BCUT2D eigenvalue weighted by Gasteiger charge is -2.30. The fraction of sp³-hybridized carbons (Fsp3) is 0.647. The highest BCUT2D eigenvalue weighted by molar-refractivity contribution is 5.24. The van der Waals surface area contributed by atoms with E-state index in [0.717, 1.165) is 19.6 Å². The summed E-state index contributed by atoms with van der Waals surface area (Å²) in [4.78, 5) is 2.54. The molecule has 3 heteroatoms. The highest BCUT2D eigenvalue weighted by Gasteiger charge is 2.27. The Morgan fingerprint density at radius 2 is 2.00 bits per heavy atom. The maximum Gasteiger partial charge on any atom is 0.123 e. The van der Waals surface area contributed by atoms with E-state index < -0.39 is 0 Å². The van der Waals surface area contributed by atoms with E-state index in [0.29, 0.717) is 6.04 Å². The minimum atomic E-state index is -0.163. The molecular formula is C17H26FNO. The van der Waals surface area contributed by atoms with Gasteiger partial charge in [-0.2, -0.15) is 0 Å². The van der Waals surface area contributed by atoms with Crippen molar-refractivity contribution in [2.45, 2.75) is 44.6 Å². The second-order valence-corrected chi connectivity index (χ2v) is 6.43.